The van der Waals surface area contributed by atoms with E-state index in [-0.39, 0.29) is 0 Å². The fourth-order valence-corrected chi connectivity index (χ4v) is 2.87. The van der Waals surface area contributed by atoms with Gasteiger partial charge in [-0.3, -0.25) is 0 Å². The van der Waals surface area contributed by atoms with Gasteiger partial charge in [-0.2, -0.15) is 0 Å². The molecule has 2 aromatic rings. The maximum Gasteiger partial charge on any atom is -0.0181 e. The Kier molecular flexibility index (Phi) is 7.17. The largest absolute Gasteiger partial charge is 0.0985 e. The van der Waals surface area contributed by atoms with E-state index in [1.54, 1.807) is 6.08 Å². The minimum absolute atomic E-state index is 0.932. The fourth-order valence-electron chi connectivity index (χ4n) is 2.87. The van der Waals surface area contributed by atoms with Gasteiger partial charge in [0.15, 0.2) is 0 Å². The summed E-state index contributed by atoms with van der Waals surface area (Å²) in [7, 11) is 0. The first-order valence-electron chi connectivity index (χ1n) is 9.12. The normalized spacial score (nSPS) is 12.4. The van der Waals surface area contributed by atoms with Gasteiger partial charge in [-0.25, -0.2) is 0 Å². The third-order valence-corrected chi connectivity index (χ3v) is 4.27. The van der Waals surface area contributed by atoms with Crippen LogP contribution < -0.4 is 0 Å². The molecule has 0 aliphatic carbocycles. The van der Waals surface area contributed by atoms with E-state index in [1.165, 1.54) is 27.8 Å². The molecule has 0 heteroatoms. The SMILES string of the molecule is C=CC(=C)C(/C=C\C)=C\C(=C/CC)c1ccc(-c2cccc(C)c2)cc1. The van der Waals surface area contributed by atoms with Crippen molar-refractivity contribution in [3.63, 3.8) is 0 Å². The summed E-state index contributed by atoms with van der Waals surface area (Å²) in [6, 6.07) is 17.4. The van der Waals surface area contributed by atoms with Crippen LogP contribution in [-0.4, -0.2) is 0 Å². The zero-order chi connectivity index (χ0) is 18.9. The number of hydrogen-bond acceptors (Lipinski definition) is 0. The first kappa shape index (κ1) is 19.5. The molecule has 0 heterocycles. The van der Waals surface area contributed by atoms with Crippen LogP contribution in [0.5, 0.6) is 0 Å². The van der Waals surface area contributed by atoms with Gasteiger partial charge >= 0.3 is 0 Å². The van der Waals surface area contributed by atoms with E-state index in [0.717, 1.165) is 17.6 Å². The monoisotopic (exact) mass is 340 g/mol. The minimum Gasteiger partial charge on any atom is -0.0985 e. The van der Waals surface area contributed by atoms with Gasteiger partial charge in [-0.15, -0.1) is 0 Å². The van der Waals surface area contributed by atoms with Crippen molar-refractivity contribution < 1.29 is 0 Å². The molecule has 0 fully saturated rings. The van der Waals surface area contributed by atoms with Crippen LogP contribution in [0, 0.1) is 6.92 Å². The summed E-state index contributed by atoms with van der Waals surface area (Å²) in [6.07, 6.45) is 11.3. The van der Waals surface area contributed by atoms with Crippen molar-refractivity contribution in [1.82, 2.24) is 0 Å². The Bertz CT molecular complexity index is 855. The van der Waals surface area contributed by atoms with Crippen molar-refractivity contribution in [2.45, 2.75) is 27.2 Å². The summed E-state index contributed by atoms with van der Waals surface area (Å²) in [4.78, 5) is 0. The average molecular weight is 341 g/mol. The molecule has 2 rings (SSSR count). The molecule has 0 bridgehead atoms. The van der Waals surface area contributed by atoms with Crippen LogP contribution in [0.15, 0.2) is 103 Å². The molecule has 0 spiro atoms. The van der Waals surface area contributed by atoms with E-state index in [2.05, 4.69) is 93.8 Å². The molecule has 0 amide bonds. The first-order valence-corrected chi connectivity index (χ1v) is 9.12. The van der Waals surface area contributed by atoms with Crippen LogP contribution in [0.1, 0.15) is 31.4 Å². The van der Waals surface area contributed by atoms with Crippen LogP contribution in [0.2, 0.25) is 0 Å². The van der Waals surface area contributed by atoms with Crippen LogP contribution in [0.4, 0.5) is 0 Å². The molecule has 0 aliphatic rings. The van der Waals surface area contributed by atoms with Crippen molar-refractivity contribution in [3.05, 3.63) is 114 Å². The maximum atomic E-state index is 4.10. The quantitative estimate of drug-likeness (QED) is 0.453. The number of benzene rings is 2. The Morgan fingerprint density at radius 2 is 1.77 bits per heavy atom. The zero-order valence-corrected chi connectivity index (χ0v) is 16.1. The number of allylic oxidation sites excluding steroid dienone is 8. The molecule has 0 N–H and O–H groups in total. The van der Waals surface area contributed by atoms with E-state index in [9.17, 15) is 0 Å². The lowest BCUT2D eigenvalue weighted by Crippen LogP contribution is -1.87. The second-order valence-corrected chi connectivity index (χ2v) is 6.34. The van der Waals surface area contributed by atoms with Crippen LogP contribution in [0.3, 0.4) is 0 Å². The summed E-state index contributed by atoms with van der Waals surface area (Å²) in [5.74, 6) is 0. The summed E-state index contributed by atoms with van der Waals surface area (Å²) < 4.78 is 0. The third kappa shape index (κ3) is 5.07. The molecule has 0 nitrogen and oxygen atoms in total. The first-order chi connectivity index (χ1) is 12.6. The predicted molar refractivity (Wildman–Crippen MR) is 117 cm³/mol. The van der Waals surface area contributed by atoms with Crippen molar-refractivity contribution in [2.24, 2.45) is 0 Å². The van der Waals surface area contributed by atoms with Gasteiger partial charge in [0, 0.05) is 0 Å². The third-order valence-electron chi connectivity index (χ3n) is 4.27. The Hall–Kier alpha value is -2.86. The molecular formula is C26H28. The van der Waals surface area contributed by atoms with Gasteiger partial charge in [-0.1, -0.05) is 98.5 Å². The Labute approximate surface area is 158 Å². The topological polar surface area (TPSA) is 0 Å². The van der Waals surface area contributed by atoms with E-state index >= 15 is 0 Å². The molecule has 0 saturated carbocycles. The van der Waals surface area contributed by atoms with Crippen molar-refractivity contribution in [3.8, 4) is 11.1 Å². The van der Waals surface area contributed by atoms with Gasteiger partial charge in [0.2, 0.25) is 0 Å². The molecule has 0 saturated heterocycles. The number of hydrogen-bond donors (Lipinski definition) is 0. The molecule has 2 aromatic carbocycles. The summed E-state index contributed by atoms with van der Waals surface area (Å²) in [5.41, 5.74) is 8.21. The molecule has 132 valence electrons. The molecule has 0 unspecified atom stereocenters. The molecule has 0 aliphatic heterocycles. The highest BCUT2D eigenvalue weighted by Crippen LogP contribution is 2.26. The van der Waals surface area contributed by atoms with Gasteiger partial charge in [0.1, 0.15) is 0 Å². The highest BCUT2D eigenvalue weighted by Gasteiger charge is 2.04. The Balaban J connectivity index is 2.40. The van der Waals surface area contributed by atoms with E-state index in [0.29, 0.717) is 0 Å². The van der Waals surface area contributed by atoms with E-state index in [4.69, 9.17) is 0 Å². The highest BCUT2D eigenvalue weighted by atomic mass is 14.1. The summed E-state index contributed by atoms with van der Waals surface area (Å²) in [5, 5.41) is 0. The smallest absolute Gasteiger partial charge is 0.0181 e. The minimum atomic E-state index is 0.932. The molecular weight excluding hydrogens is 312 g/mol. The predicted octanol–water partition coefficient (Wildman–Crippen LogP) is 7.70. The molecule has 26 heavy (non-hydrogen) atoms. The van der Waals surface area contributed by atoms with Gasteiger partial charge in [0.05, 0.1) is 0 Å². The van der Waals surface area contributed by atoms with Gasteiger partial charge < -0.3 is 0 Å². The van der Waals surface area contributed by atoms with Gasteiger partial charge in [0.25, 0.3) is 0 Å². The second kappa shape index (κ2) is 9.58. The van der Waals surface area contributed by atoms with Crippen molar-refractivity contribution in [1.29, 1.82) is 0 Å². The van der Waals surface area contributed by atoms with Crippen molar-refractivity contribution in [2.75, 3.05) is 0 Å². The van der Waals surface area contributed by atoms with Gasteiger partial charge in [-0.05, 0) is 59.8 Å². The zero-order valence-electron chi connectivity index (χ0n) is 16.1. The summed E-state index contributed by atoms with van der Waals surface area (Å²) in [6.45, 7) is 14.2. The number of aryl methyl sites for hydroxylation is 1. The fraction of sp³-hybridized carbons (Fsp3) is 0.154. The Morgan fingerprint density at radius 3 is 2.35 bits per heavy atom. The average Bonchev–Trinajstić information content (AvgIpc) is 2.66. The van der Waals surface area contributed by atoms with E-state index < -0.39 is 0 Å². The lowest BCUT2D eigenvalue weighted by molar-refractivity contribution is 1.23. The van der Waals surface area contributed by atoms with E-state index in [1.807, 2.05) is 13.0 Å². The molecule has 0 aromatic heterocycles. The number of rotatable bonds is 7. The lowest BCUT2D eigenvalue weighted by Gasteiger charge is -2.09. The Morgan fingerprint density at radius 1 is 1.04 bits per heavy atom. The molecule has 0 atom stereocenters. The van der Waals surface area contributed by atoms with Crippen LogP contribution in [-0.2, 0) is 0 Å². The second-order valence-electron chi connectivity index (χ2n) is 6.34. The van der Waals surface area contributed by atoms with Crippen LogP contribution in [0.25, 0.3) is 16.7 Å². The van der Waals surface area contributed by atoms with Crippen molar-refractivity contribution >= 4 is 5.57 Å². The van der Waals surface area contributed by atoms with Crippen LogP contribution >= 0.6 is 0 Å². The highest BCUT2D eigenvalue weighted by molar-refractivity contribution is 5.78. The lowest BCUT2D eigenvalue weighted by atomic mass is 9.96. The summed E-state index contributed by atoms with van der Waals surface area (Å²) >= 11 is 0. The maximum absolute atomic E-state index is 4.10. The standard InChI is InChI=1S/C26H28/c1-6-10-24(21(5)8-3)19-25(11-7-2)22-14-16-23(17-15-22)26-13-9-12-20(4)18-26/h6,8-19H,3,5,7H2,1-2,4H3/b10-6-,24-19-,25-11+. The molecule has 0 radical (unpaired) electrons.